The molecule has 7 nitrogen and oxygen atoms in total. The van der Waals surface area contributed by atoms with Gasteiger partial charge in [0.1, 0.15) is 11.4 Å². The fourth-order valence-electron chi connectivity index (χ4n) is 2.58. The molecule has 0 saturated heterocycles. The molecule has 0 atom stereocenters. The minimum atomic E-state index is -3.59. The van der Waals surface area contributed by atoms with Gasteiger partial charge in [-0.3, -0.25) is 10.8 Å². The molecule has 0 spiro atoms. The van der Waals surface area contributed by atoms with Gasteiger partial charge in [-0.05, 0) is 51.0 Å². The molecule has 8 heteroatoms. The van der Waals surface area contributed by atoms with E-state index in [2.05, 4.69) is 15.8 Å². The van der Waals surface area contributed by atoms with Crippen molar-refractivity contribution < 1.29 is 13.5 Å². The maximum absolute atomic E-state index is 12.5. The maximum atomic E-state index is 12.5. The van der Waals surface area contributed by atoms with Crippen molar-refractivity contribution >= 4 is 33.1 Å². The van der Waals surface area contributed by atoms with E-state index in [1.54, 1.807) is 25.3 Å². The van der Waals surface area contributed by atoms with Crippen LogP contribution in [-0.2, 0) is 9.84 Å². The predicted octanol–water partition coefficient (Wildman–Crippen LogP) is 3.71. The minimum absolute atomic E-state index is 0.0282. The van der Waals surface area contributed by atoms with Gasteiger partial charge in [-0.25, -0.2) is 8.42 Å². The second kappa shape index (κ2) is 8.68. The predicted molar refractivity (Wildman–Crippen MR) is 111 cm³/mol. The number of anilines is 2. The molecule has 0 fully saturated rings. The molecule has 0 aromatic heterocycles. The van der Waals surface area contributed by atoms with Gasteiger partial charge in [-0.15, -0.1) is 0 Å². The molecule has 4 N–H and O–H groups in total. The highest BCUT2D eigenvalue weighted by Crippen LogP contribution is 2.32. The Morgan fingerprint density at radius 1 is 1.33 bits per heavy atom. The summed E-state index contributed by atoms with van der Waals surface area (Å²) < 4.78 is 25.0. The fraction of sp³-hybridized carbons (Fsp3) is 0.263. The van der Waals surface area contributed by atoms with Crippen molar-refractivity contribution in [1.29, 1.82) is 5.41 Å². The number of phenols is 1. The van der Waals surface area contributed by atoms with Gasteiger partial charge in [-0.2, -0.15) is 5.10 Å². The second-order valence-electron chi connectivity index (χ2n) is 6.05. The summed E-state index contributed by atoms with van der Waals surface area (Å²) in [5.74, 6) is 0.0282. The van der Waals surface area contributed by atoms with Crippen LogP contribution in [0.1, 0.15) is 25.3 Å². The molecule has 0 heterocycles. The molecule has 2 rings (SSSR count). The molecule has 27 heavy (non-hydrogen) atoms. The lowest BCUT2D eigenvalue weighted by molar-refractivity contribution is 0.477. The van der Waals surface area contributed by atoms with Crippen LogP contribution in [-0.4, -0.2) is 32.5 Å². The number of hydrogen-bond acceptors (Lipinski definition) is 7. The van der Waals surface area contributed by atoms with Crippen molar-refractivity contribution in [3.63, 3.8) is 0 Å². The number of rotatable bonds is 7. The van der Waals surface area contributed by atoms with Crippen LogP contribution in [0.15, 0.2) is 51.3 Å². The lowest BCUT2D eigenvalue weighted by Gasteiger charge is -2.12. The summed E-state index contributed by atoms with van der Waals surface area (Å²) in [5, 5.41) is 24.8. The monoisotopic (exact) mass is 388 g/mol. The van der Waals surface area contributed by atoms with Gasteiger partial charge in [0.2, 0.25) is 9.84 Å². The van der Waals surface area contributed by atoms with E-state index in [0.29, 0.717) is 12.1 Å². The number of aromatic hydroxyl groups is 1. The molecule has 0 radical (unpaired) electrons. The quantitative estimate of drug-likeness (QED) is 0.246. The van der Waals surface area contributed by atoms with Crippen molar-refractivity contribution in [2.45, 2.75) is 26.7 Å². The van der Waals surface area contributed by atoms with E-state index in [1.807, 2.05) is 13.0 Å². The van der Waals surface area contributed by atoms with Crippen LogP contribution in [0.5, 0.6) is 5.75 Å². The zero-order valence-electron chi connectivity index (χ0n) is 15.6. The number of hydrogen-bond donors (Lipinski definition) is 4. The molecule has 0 saturated carbocycles. The van der Waals surface area contributed by atoms with Crippen LogP contribution in [0, 0.1) is 12.3 Å². The van der Waals surface area contributed by atoms with E-state index < -0.39 is 9.84 Å². The first-order valence-corrected chi connectivity index (χ1v) is 9.93. The number of phenolic OH excluding ortho intramolecular Hbond substituents is 1. The summed E-state index contributed by atoms with van der Waals surface area (Å²) in [7, 11) is -1.82. The summed E-state index contributed by atoms with van der Waals surface area (Å²) in [5.41, 5.74) is 4.64. The second-order valence-corrected chi connectivity index (χ2v) is 8.17. The maximum Gasteiger partial charge on any atom is 0.202 e. The normalized spacial score (nSPS) is 14.9. The Morgan fingerprint density at radius 3 is 2.70 bits per heavy atom. The Labute approximate surface area is 159 Å². The van der Waals surface area contributed by atoms with Crippen LogP contribution in [0.4, 0.5) is 11.4 Å². The molecular weight excluding hydrogens is 364 g/mol. The molecule has 1 aliphatic carbocycles. The van der Waals surface area contributed by atoms with Gasteiger partial charge < -0.3 is 10.4 Å². The Morgan fingerprint density at radius 2 is 2.07 bits per heavy atom. The molecule has 0 bridgehead atoms. The third-order valence-corrected chi connectivity index (χ3v) is 6.04. The number of allylic oxidation sites excluding steroid dienone is 5. The summed E-state index contributed by atoms with van der Waals surface area (Å²) in [6.45, 7) is 3.28. The van der Waals surface area contributed by atoms with Crippen LogP contribution >= 0.6 is 0 Å². The van der Waals surface area contributed by atoms with Crippen LogP contribution in [0.25, 0.3) is 0 Å². The van der Waals surface area contributed by atoms with Crippen LogP contribution < -0.4 is 10.7 Å². The standard InChI is InChI=1S/C19H24N4O3S/c1-13(27(25,26)16-7-5-4-6-8-16)11-15(20)12-22-23-19-14(2)17(21-3)9-10-18(19)24/h5,7-12,20-21,23-24H,4,6H2,1-3H3/b13-11+,20-15?,22-12-. The topological polar surface area (TPSA) is 115 Å². The Kier molecular flexibility index (Phi) is 6.57. The van der Waals surface area contributed by atoms with Crippen molar-refractivity contribution in [3.8, 4) is 5.75 Å². The molecule has 1 aromatic carbocycles. The zero-order valence-corrected chi connectivity index (χ0v) is 16.4. The van der Waals surface area contributed by atoms with Gasteiger partial charge in [0, 0.05) is 23.2 Å². The lowest BCUT2D eigenvalue weighted by atomic mass is 10.1. The van der Waals surface area contributed by atoms with Gasteiger partial charge >= 0.3 is 0 Å². The fourth-order valence-corrected chi connectivity index (χ4v) is 3.85. The molecule has 144 valence electrons. The SMILES string of the molecule is CNc1ccc(O)c(N/N=C\C(=N)/C=C(\C)S(=O)(=O)C2=CCCC=C2)c1C. The van der Waals surface area contributed by atoms with Crippen LogP contribution in [0.3, 0.4) is 0 Å². The van der Waals surface area contributed by atoms with Crippen molar-refractivity contribution in [2.24, 2.45) is 5.10 Å². The average molecular weight is 388 g/mol. The Balaban J connectivity index is 2.12. The van der Waals surface area contributed by atoms with E-state index in [1.165, 1.54) is 25.3 Å². The molecule has 1 aromatic rings. The lowest BCUT2D eigenvalue weighted by Crippen LogP contribution is -2.08. The largest absolute Gasteiger partial charge is 0.506 e. The summed E-state index contributed by atoms with van der Waals surface area (Å²) in [4.78, 5) is 0.336. The van der Waals surface area contributed by atoms with E-state index in [0.717, 1.165) is 17.7 Å². The number of nitrogens with one attached hydrogen (secondary N) is 3. The number of nitrogens with zero attached hydrogens (tertiary/aromatic N) is 1. The zero-order chi connectivity index (χ0) is 20.0. The highest BCUT2D eigenvalue weighted by molar-refractivity contribution is 7.99. The van der Waals surface area contributed by atoms with E-state index in [4.69, 9.17) is 5.41 Å². The van der Waals surface area contributed by atoms with E-state index in [9.17, 15) is 13.5 Å². The highest BCUT2D eigenvalue weighted by Gasteiger charge is 2.19. The van der Waals surface area contributed by atoms with Crippen molar-refractivity contribution in [3.05, 3.63) is 51.8 Å². The number of sulfone groups is 1. The van der Waals surface area contributed by atoms with Gasteiger partial charge in [0.25, 0.3) is 0 Å². The third-order valence-electron chi connectivity index (χ3n) is 4.15. The summed E-state index contributed by atoms with van der Waals surface area (Å²) in [6, 6.07) is 3.27. The number of benzene rings is 1. The van der Waals surface area contributed by atoms with Crippen LogP contribution in [0.2, 0.25) is 0 Å². The smallest absolute Gasteiger partial charge is 0.202 e. The minimum Gasteiger partial charge on any atom is -0.506 e. The van der Waals surface area contributed by atoms with Gasteiger partial charge in [-0.1, -0.05) is 12.2 Å². The van der Waals surface area contributed by atoms with Crippen molar-refractivity contribution in [2.75, 3.05) is 17.8 Å². The van der Waals surface area contributed by atoms with E-state index in [-0.39, 0.29) is 21.3 Å². The van der Waals surface area contributed by atoms with Gasteiger partial charge in [0.15, 0.2) is 0 Å². The molecule has 1 aliphatic rings. The van der Waals surface area contributed by atoms with Gasteiger partial charge in [0.05, 0.1) is 16.8 Å². The number of hydrazone groups is 1. The summed E-state index contributed by atoms with van der Waals surface area (Å²) >= 11 is 0. The molecule has 0 amide bonds. The third kappa shape index (κ3) is 4.85. The first-order valence-electron chi connectivity index (χ1n) is 8.45. The molecule has 0 unspecified atom stereocenters. The highest BCUT2D eigenvalue weighted by atomic mass is 32.2. The first-order chi connectivity index (χ1) is 12.8. The Bertz CT molecular complexity index is 957. The molecular formula is C19H24N4O3S. The van der Waals surface area contributed by atoms with E-state index >= 15 is 0 Å². The van der Waals surface area contributed by atoms with Crippen molar-refractivity contribution in [1.82, 2.24) is 0 Å². The summed E-state index contributed by atoms with van der Waals surface area (Å²) in [6.07, 6.45) is 9.06. The molecule has 0 aliphatic heterocycles. The first kappa shape index (κ1) is 20.4. The average Bonchev–Trinajstić information content (AvgIpc) is 2.65. The Hall–Kier alpha value is -2.87.